The molecular weight excluding hydrogens is 460 g/mol. The maximum atomic E-state index is 13.3. The van der Waals surface area contributed by atoms with E-state index >= 15 is 0 Å². The molecule has 0 fully saturated rings. The van der Waals surface area contributed by atoms with E-state index in [2.05, 4.69) is 5.32 Å². The summed E-state index contributed by atoms with van der Waals surface area (Å²) in [6.07, 6.45) is 0.456. The van der Waals surface area contributed by atoms with Gasteiger partial charge in [0.1, 0.15) is 10.1 Å². The lowest BCUT2D eigenvalue weighted by Gasteiger charge is -2.25. The van der Waals surface area contributed by atoms with E-state index < -0.39 is 32.3 Å². The van der Waals surface area contributed by atoms with Gasteiger partial charge in [-0.2, -0.15) is 0 Å². The summed E-state index contributed by atoms with van der Waals surface area (Å²) >= 11 is 0. The van der Waals surface area contributed by atoms with Crippen molar-refractivity contribution in [2.24, 2.45) is 0 Å². The third-order valence-corrected chi connectivity index (χ3v) is 6.52. The number of anilines is 2. The van der Waals surface area contributed by atoms with Gasteiger partial charge in [-0.3, -0.25) is 9.59 Å². The van der Waals surface area contributed by atoms with Gasteiger partial charge in [0.05, 0.1) is 35.9 Å². The molecule has 0 aromatic heterocycles. The first-order valence-corrected chi connectivity index (χ1v) is 11.6. The van der Waals surface area contributed by atoms with Crippen LogP contribution in [0.2, 0.25) is 0 Å². The Morgan fingerprint density at radius 1 is 0.912 bits per heavy atom. The van der Waals surface area contributed by atoms with Crippen LogP contribution in [0.25, 0.3) is 0 Å². The zero-order valence-electron chi connectivity index (χ0n) is 18.4. The van der Waals surface area contributed by atoms with E-state index in [1.165, 1.54) is 26.4 Å². The van der Waals surface area contributed by atoms with Gasteiger partial charge in [-0.05, 0) is 30.2 Å². The summed E-state index contributed by atoms with van der Waals surface area (Å²) in [6.45, 7) is 0.257. The third-order valence-electron chi connectivity index (χ3n) is 5.65. The summed E-state index contributed by atoms with van der Waals surface area (Å²) in [6, 6.07) is 12.6. The van der Waals surface area contributed by atoms with Gasteiger partial charge >= 0.3 is 0 Å². The number of nitrogens with two attached hydrogens (primary N) is 1. The molecule has 0 heterocycles. The Bertz CT molecular complexity index is 1430. The second-order valence-electron chi connectivity index (χ2n) is 7.61. The first-order valence-electron chi connectivity index (χ1n) is 10.2. The van der Waals surface area contributed by atoms with Crippen LogP contribution in [0, 0.1) is 0 Å². The third kappa shape index (κ3) is 3.97. The minimum absolute atomic E-state index is 0.0481. The number of carbonyl (C=O) groups excluding carboxylic acids is 2. The number of nitrogens with one attached hydrogen (secondary N) is 1. The van der Waals surface area contributed by atoms with Gasteiger partial charge in [-0.1, -0.05) is 30.3 Å². The van der Waals surface area contributed by atoms with Crippen LogP contribution in [-0.2, 0) is 16.5 Å². The first-order chi connectivity index (χ1) is 16.2. The van der Waals surface area contributed by atoms with Crippen LogP contribution >= 0.6 is 0 Å². The molecule has 4 rings (SSSR count). The van der Waals surface area contributed by atoms with Crippen molar-refractivity contribution < 1.29 is 32.0 Å². The van der Waals surface area contributed by atoms with Gasteiger partial charge < -0.3 is 25.1 Å². The zero-order chi connectivity index (χ0) is 24.6. The second kappa shape index (κ2) is 8.81. The number of nitrogen functional groups attached to an aromatic ring is 1. The Morgan fingerprint density at radius 2 is 1.53 bits per heavy atom. The molecule has 0 unspecified atom stereocenters. The number of ketones is 2. The topological polar surface area (TPSA) is 148 Å². The lowest BCUT2D eigenvalue weighted by Crippen LogP contribution is -2.25. The molecule has 3 aromatic carbocycles. The van der Waals surface area contributed by atoms with Gasteiger partial charge in [0.2, 0.25) is 0 Å². The number of carbonyl (C=O) groups is 2. The summed E-state index contributed by atoms with van der Waals surface area (Å²) in [5.74, 6) is 0.0124. The average Bonchev–Trinajstić information content (AvgIpc) is 2.82. The van der Waals surface area contributed by atoms with E-state index in [0.717, 1.165) is 11.6 Å². The lowest BCUT2D eigenvalue weighted by atomic mass is 9.82. The molecule has 1 aliphatic carbocycles. The summed E-state index contributed by atoms with van der Waals surface area (Å²) < 4.78 is 46.1. The molecule has 0 saturated carbocycles. The van der Waals surface area contributed by atoms with Crippen molar-refractivity contribution in [1.29, 1.82) is 0 Å². The predicted octanol–water partition coefficient (Wildman–Crippen LogP) is 2.62. The van der Waals surface area contributed by atoms with Crippen molar-refractivity contribution in [3.63, 3.8) is 0 Å². The van der Waals surface area contributed by atoms with E-state index in [1.54, 1.807) is 24.3 Å². The number of hydrogen-bond donors (Lipinski definition) is 2. The maximum Gasteiger partial charge on any atom is 0.196 e. The Labute approximate surface area is 196 Å². The number of rotatable bonds is 7. The van der Waals surface area contributed by atoms with Gasteiger partial charge in [0.25, 0.3) is 0 Å². The maximum absolute atomic E-state index is 13.3. The van der Waals surface area contributed by atoms with Gasteiger partial charge in [-0.25, -0.2) is 8.42 Å². The van der Waals surface area contributed by atoms with Crippen molar-refractivity contribution in [1.82, 2.24) is 0 Å². The van der Waals surface area contributed by atoms with Crippen molar-refractivity contribution in [2.75, 3.05) is 31.8 Å². The minimum atomic E-state index is -5.01. The molecule has 1 aliphatic rings. The summed E-state index contributed by atoms with van der Waals surface area (Å²) in [5.41, 5.74) is 6.28. The smallest absolute Gasteiger partial charge is 0.196 e. The van der Waals surface area contributed by atoms with Crippen LogP contribution in [-0.4, -0.2) is 45.3 Å². The van der Waals surface area contributed by atoms with Crippen LogP contribution in [0.3, 0.4) is 0 Å². The lowest BCUT2D eigenvalue weighted by molar-refractivity contribution is 0.0980. The zero-order valence-corrected chi connectivity index (χ0v) is 19.2. The van der Waals surface area contributed by atoms with Crippen LogP contribution in [0.1, 0.15) is 37.4 Å². The number of benzene rings is 3. The van der Waals surface area contributed by atoms with Crippen molar-refractivity contribution >= 4 is 33.1 Å². The van der Waals surface area contributed by atoms with E-state index in [1.807, 2.05) is 6.07 Å². The number of methoxy groups -OCH3 is 2. The molecule has 0 amide bonds. The molecular formula is C24H21N2O7S-. The van der Waals surface area contributed by atoms with Crippen LogP contribution in [0.15, 0.2) is 53.4 Å². The molecule has 34 heavy (non-hydrogen) atoms. The second-order valence-corrected chi connectivity index (χ2v) is 8.96. The molecule has 3 N–H and O–H groups in total. The highest BCUT2D eigenvalue weighted by Crippen LogP contribution is 2.39. The summed E-state index contributed by atoms with van der Waals surface area (Å²) in [5, 5.41) is 3.00. The van der Waals surface area contributed by atoms with E-state index in [-0.39, 0.29) is 34.5 Å². The standard InChI is InChI=1S/C24H22N2O7S/c1-32-17-8-7-13(11-18(17)33-2)9-10-26-16-12-19(34(29,30)31)22(25)21-20(16)23(27)14-5-3-4-6-15(14)24(21)28/h3-8,11-12,26H,9-10,25H2,1-2H3,(H,29,30,31)/p-1. The number of hydrogen-bond acceptors (Lipinski definition) is 9. The first kappa shape index (κ1) is 23.3. The van der Waals surface area contributed by atoms with Gasteiger partial charge in [0, 0.05) is 23.4 Å². The molecule has 3 aromatic rings. The molecule has 0 saturated heterocycles. The average molecular weight is 482 g/mol. The van der Waals surface area contributed by atoms with Gasteiger partial charge in [-0.15, -0.1) is 0 Å². The van der Waals surface area contributed by atoms with Crippen molar-refractivity contribution in [3.05, 3.63) is 76.3 Å². The molecule has 0 atom stereocenters. The van der Waals surface area contributed by atoms with Gasteiger partial charge in [0.15, 0.2) is 23.1 Å². The monoisotopic (exact) mass is 481 g/mol. The molecule has 10 heteroatoms. The molecule has 0 aliphatic heterocycles. The van der Waals surface area contributed by atoms with Crippen LogP contribution in [0.4, 0.5) is 11.4 Å². The van der Waals surface area contributed by atoms with Crippen LogP contribution < -0.4 is 20.5 Å². The highest BCUT2D eigenvalue weighted by atomic mass is 32.2. The molecule has 176 valence electrons. The highest BCUT2D eigenvalue weighted by molar-refractivity contribution is 7.86. The Kier molecular flexibility index (Phi) is 6.03. The molecule has 0 bridgehead atoms. The van der Waals surface area contributed by atoms with E-state index in [4.69, 9.17) is 15.2 Å². The quantitative estimate of drug-likeness (QED) is 0.300. The minimum Gasteiger partial charge on any atom is -0.744 e. The SMILES string of the molecule is COc1ccc(CCNc2cc(S(=O)(=O)[O-])c(N)c3c2C(=O)c2ccccc2C3=O)cc1OC. The largest absolute Gasteiger partial charge is 0.744 e. The molecule has 9 nitrogen and oxygen atoms in total. The Balaban J connectivity index is 1.74. The fourth-order valence-electron chi connectivity index (χ4n) is 4.02. The van der Waals surface area contributed by atoms with E-state index in [9.17, 15) is 22.6 Å². The fourth-order valence-corrected chi connectivity index (χ4v) is 4.65. The van der Waals surface area contributed by atoms with Crippen molar-refractivity contribution in [3.8, 4) is 11.5 Å². The Hall–Kier alpha value is -3.89. The highest BCUT2D eigenvalue weighted by Gasteiger charge is 2.35. The predicted molar refractivity (Wildman–Crippen MR) is 124 cm³/mol. The number of ether oxygens (including phenoxy) is 2. The van der Waals surface area contributed by atoms with E-state index in [0.29, 0.717) is 17.9 Å². The normalized spacial score (nSPS) is 12.7. The number of fused-ring (bicyclic) bond motifs is 2. The van der Waals surface area contributed by atoms with Crippen LogP contribution in [0.5, 0.6) is 11.5 Å². The van der Waals surface area contributed by atoms with Crippen molar-refractivity contribution in [2.45, 2.75) is 11.3 Å². The Morgan fingerprint density at radius 3 is 2.12 bits per heavy atom. The summed E-state index contributed by atoms with van der Waals surface area (Å²) in [7, 11) is -1.96. The fraction of sp³-hybridized carbons (Fsp3) is 0.167. The summed E-state index contributed by atoms with van der Waals surface area (Å²) in [4.78, 5) is 25.7. The molecule has 0 radical (unpaired) electrons. The molecule has 0 spiro atoms.